The first kappa shape index (κ1) is 13.7. The summed E-state index contributed by atoms with van der Waals surface area (Å²) in [6, 6.07) is 0. The highest BCUT2D eigenvalue weighted by Gasteiger charge is 2.05. The van der Waals surface area contributed by atoms with Crippen molar-refractivity contribution in [3.05, 3.63) is 29.1 Å². The average Bonchev–Trinajstić information content (AvgIpc) is 2.71. The molecule has 2 aromatic rings. The van der Waals surface area contributed by atoms with Crippen molar-refractivity contribution in [3.8, 4) is 0 Å². The van der Waals surface area contributed by atoms with Crippen LogP contribution < -0.4 is 11.0 Å². The maximum atomic E-state index is 12.0. The van der Waals surface area contributed by atoms with Crippen molar-refractivity contribution < 1.29 is 0 Å². The van der Waals surface area contributed by atoms with E-state index in [0.29, 0.717) is 18.1 Å². The Morgan fingerprint density at radius 1 is 1.37 bits per heavy atom. The van der Waals surface area contributed by atoms with Gasteiger partial charge < -0.3 is 5.32 Å². The molecule has 2 rings (SSSR count). The summed E-state index contributed by atoms with van der Waals surface area (Å²) in [4.78, 5) is 15.9. The molecule has 1 N–H and O–H groups in total. The zero-order valence-corrected chi connectivity index (χ0v) is 11.5. The molecule has 0 atom stereocenters. The molecule has 0 amide bonds. The molecule has 0 aliphatic heterocycles. The van der Waals surface area contributed by atoms with Crippen molar-refractivity contribution in [2.45, 2.75) is 33.2 Å². The monoisotopic (exact) mass is 263 g/mol. The molecule has 0 aliphatic carbocycles. The largest absolute Gasteiger partial charge is 0.350 e. The van der Waals surface area contributed by atoms with E-state index in [4.69, 9.17) is 0 Å². The van der Waals surface area contributed by atoms with Crippen LogP contribution in [0.1, 0.15) is 26.7 Å². The third-order valence-electron chi connectivity index (χ3n) is 2.91. The van der Waals surface area contributed by atoms with Crippen molar-refractivity contribution in [3.63, 3.8) is 0 Å². The number of fused-ring (bicyclic) bond motifs is 1. The Labute approximate surface area is 112 Å². The Bertz CT molecular complexity index is 572. The summed E-state index contributed by atoms with van der Waals surface area (Å²) >= 11 is 0. The molecule has 0 fully saturated rings. The third-order valence-corrected chi connectivity index (χ3v) is 2.91. The Morgan fingerprint density at radius 2 is 2.21 bits per heavy atom. The molecule has 0 aliphatic rings. The Morgan fingerprint density at radius 3 is 2.95 bits per heavy atom. The highest BCUT2D eigenvalue weighted by atomic mass is 16.2. The molecule has 104 valence electrons. The number of unbranched alkanes of at least 4 members (excludes halogenated alkanes) is 1. The standard InChI is InChI=1S/C13H21N5O/c1-11(2)9-14-5-3-4-7-18-13(19)17-8-6-15-10-12(17)16-18/h6,8,10-11,14H,3-5,7,9H2,1-2H3. The average molecular weight is 263 g/mol. The highest BCUT2D eigenvalue weighted by molar-refractivity contribution is 5.31. The Kier molecular flexibility index (Phi) is 4.68. The number of aromatic nitrogens is 4. The van der Waals surface area contributed by atoms with Gasteiger partial charge in [-0.2, -0.15) is 0 Å². The van der Waals surface area contributed by atoms with E-state index in [2.05, 4.69) is 29.2 Å². The zero-order valence-electron chi connectivity index (χ0n) is 11.5. The Hall–Kier alpha value is -1.69. The first-order chi connectivity index (χ1) is 9.18. The summed E-state index contributed by atoms with van der Waals surface area (Å²) in [6.45, 7) is 7.07. The van der Waals surface area contributed by atoms with E-state index < -0.39 is 0 Å². The van der Waals surface area contributed by atoms with E-state index >= 15 is 0 Å². The van der Waals surface area contributed by atoms with E-state index in [1.54, 1.807) is 18.6 Å². The van der Waals surface area contributed by atoms with E-state index in [1.165, 1.54) is 9.08 Å². The fourth-order valence-corrected chi connectivity index (χ4v) is 1.93. The van der Waals surface area contributed by atoms with Crippen LogP contribution in [0.2, 0.25) is 0 Å². The minimum Gasteiger partial charge on any atom is -0.316 e. The lowest BCUT2D eigenvalue weighted by molar-refractivity contribution is 0.500. The summed E-state index contributed by atoms with van der Waals surface area (Å²) in [7, 11) is 0. The summed E-state index contributed by atoms with van der Waals surface area (Å²) in [5.74, 6) is 0.675. The number of rotatable bonds is 7. The quantitative estimate of drug-likeness (QED) is 0.754. The summed E-state index contributed by atoms with van der Waals surface area (Å²) in [5.41, 5.74) is 0.512. The van der Waals surface area contributed by atoms with E-state index in [9.17, 15) is 4.79 Å². The highest BCUT2D eigenvalue weighted by Crippen LogP contribution is 1.96. The fraction of sp³-hybridized carbons (Fsp3) is 0.615. The Balaban J connectivity index is 1.82. The molecule has 0 saturated carbocycles. The topological polar surface area (TPSA) is 64.2 Å². The van der Waals surface area contributed by atoms with Crippen LogP contribution in [-0.4, -0.2) is 32.3 Å². The number of hydrogen-bond acceptors (Lipinski definition) is 4. The van der Waals surface area contributed by atoms with Gasteiger partial charge in [0.2, 0.25) is 0 Å². The maximum Gasteiger partial charge on any atom is 0.350 e. The van der Waals surface area contributed by atoms with E-state index in [1.807, 2.05) is 0 Å². The van der Waals surface area contributed by atoms with Gasteiger partial charge >= 0.3 is 5.69 Å². The maximum absolute atomic E-state index is 12.0. The van der Waals surface area contributed by atoms with E-state index in [-0.39, 0.29) is 5.69 Å². The zero-order chi connectivity index (χ0) is 13.7. The van der Waals surface area contributed by atoms with Gasteiger partial charge in [0.1, 0.15) is 0 Å². The van der Waals surface area contributed by atoms with Gasteiger partial charge in [-0.1, -0.05) is 13.8 Å². The molecule has 0 bridgehead atoms. The molecule has 0 saturated heterocycles. The summed E-state index contributed by atoms with van der Waals surface area (Å²) in [5, 5.41) is 7.63. The third kappa shape index (κ3) is 3.64. The van der Waals surface area contributed by atoms with Crippen LogP contribution in [0.25, 0.3) is 5.65 Å². The molecule has 0 radical (unpaired) electrons. The first-order valence-corrected chi connectivity index (χ1v) is 6.78. The van der Waals surface area contributed by atoms with Crippen LogP contribution in [0.3, 0.4) is 0 Å². The fourth-order valence-electron chi connectivity index (χ4n) is 1.93. The molecule has 0 aromatic carbocycles. The first-order valence-electron chi connectivity index (χ1n) is 6.78. The van der Waals surface area contributed by atoms with Crippen LogP contribution in [0.5, 0.6) is 0 Å². The molecule has 2 aromatic heterocycles. The second kappa shape index (κ2) is 6.47. The van der Waals surface area contributed by atoms with Crippen LogP contribution >= 0.6 is 0 Å². The predicted molar refractivity (Wildman–Crippen MR) is 74.2 cm³/mol. The molecule has 0 spiro atoms. The predicted octanol–water partition coefficient (Wildman–Crippen LogP) is 0.917. The van der Waals surface area contributed by atoms with Crippen molar-refractivity contribution in [2.75, 3.05) is 13.1 Å². The number of nitrogens with one attached hydrogen (secondary N) is 1. The summed E-state index contributed by atoms with van der Waals surface area (Å²) in [6.07, 6.45) is 6.83. The summed E-state index contributed by atoms with van der Waals surface area (Å²) < 4.78 is 3.03. The van der Waals surface area contributed by atoms with Gasteiger partial charge in [0.15, 0.2) is 5.65 Å². The number of aryl methyl sites for hydroxylation is 1. The van der Waals surface area contributed by atoms with Crippen LogP contribution in [0.15, 0.2) is 23.4 Å². The molecule has 2 heterocycles. The number of nitrogens with zero attached hydrogens (tertiary/aromatic N) is 4. The SMILES string of the molecule is CC(C)CNCCCCn1nc2cnccn2c1=O. The van der Waals surface area contributed by atoms with Crippen LogP contribution in [-0.2, 0) is 6.54 Å². The van der Waals surface area contributed by atoms with Crippen LogP contribution in [0.4, 0.5) is 0 Å². The van der Waals surface area contributed by atoms with Gasteiger partial charge in [0.25, 0.3) is 0 Å². The van der Waals surface area contributed by atoms with Gasteiger partial charge in [0, 0.05) is 18.9 Å². The van der Waals surface area contributed by atoms with Gasteiger partial charge in [-0.15, -0.1) is 5.10 Å². The second-order valence-corrected chi connectivity index (χ2v) is 5.12. The molecule has 19 heavy (non-hydrogen) atoms. The van der Waals surface area contributed by atoms with Crippen molar-refractivity contribution in [2.24, 2.45) is 5.92 Å². The smallest absolute Gasteiger partial charge is 0.316 e. The van der Waals surface area contributed by atoms with Crippen molar-refractivity contribution in [1.29, 1.82) is 0 Å². The van der Waals surface area contributed by atoms with Gasteiger partial charge in [-0.05, 0) is 31.8 Å². The lowest BCUT2D eigenvalue weighted by Crippen LogP contribution is -2.23. The number of hydrogen-bond donors (Lipinski definition) is 1. The molecule has 6 nitrogen and oxygen atoms in total. The van der Waals surface area contributed by atoms with Crippen molar-refractivity contribution in [1.82, 2.24) is 24.5 Å². The molecular weight excluding hydrogens is 242 g/mol. The molecule has 0 unspecified atom stereocenters. The van der Waals surface area contributed by atoms with Gasteiger partial charge in [-0.3, -0.25) is 4.98 Å². The molecule has 6 heteroatoms. The van der Waals surface area contributed by atoms with E-state index in [0.717, 1.165) is 25.9 Å². The normalized spacial score (nSPS) is 11.5. The minimum absolute atomic E-state index is 0.0902. The molecular formula is C13H21N5O. The lowest BCUT2D eigenvalue weighted by Gasteiger charge is -2.06. The van der Waals surface area contributed by atoms with Gasteiger partial charge in [0.05, 0.1) is 6.20 Å². The van der Waals surface area contributed by atoms with Gasteiger partial charge in [-0.25, -0.2) is 13.9 Å². The second-order valence-electron chi connectivity index (χ2n) is 5.12. The van der Waals surface area contributed by atoms with Crippen LogP contribution in [0, 0.1) is 5.92 Å². The van der Waals surface area contributed by atoms with Crippen molar-refractivity contribution >= 4 is 5.65 Å². The minimum atomic E-state index is -0.0902. The lowest BCUT2D eigenvalue weighted by atomic mass is 10.2.